The molecule has 1 aliphatic carbocycles. The third-order valence-corrected chi connectivity index (χ3v) is 14.2. The largest absolute Gasteiger partial charge is 0.508 e. The molecule has 0 aromatic heterocycles. The standard InChI is InChI=1S/C56H42O14/c57-28-7-1-24(2-8-28)46-49-39(16-33(62)19-42(49)66)52-51-40(53(46)67)18-35(64)21-45(51)70-56(52)36-22-37-43(23-41(36)65)68-55(26-5-11-30(59)12-6-26)48(37)38-17-34(63)20-44-50(38)47(27-13-31(60)15-32(61)14-27)54(69-44)25-3-9-29(58)10-4-25/h1-23,46-48,52-67H/t46-,47+,48-,52+,53+,54+,55-,56-/m0/s1. The van der Waals surface area contributed by atoms with Crippen molar-refractivity contribution in [2.24, 2.45) is 0 Å². The number of aromatic hydroxyl groups is 10. The molecule has 8 aromatic carbocycles. The summed E-state index contributed by atoms with van der Waals surface area (Å²) >= 11 is 0. The summed E-state index contributed by atoms with van der Waals surface area (Å²) in [6.07, 6.45) is -4.21. The molecule has 0 saturated heterocycles. The van der Waals surface area contributed by atoms with Crippen LogP contribution in [0.3, 0.4) is 0 Å². The molecule has 3 aliphatic heterocycles. The van der Waals surface area contributed by atoms with Crippen LogP contribution in [0.5, 0.6) is 74.7 Å². The SMILES string of the molecule is Oc1ccc([C@H]2c3c(O)cc(O)cc3[C@@H]3c4c(cc(O)cc4[C@H]2O)O[C@H]3c2cc3c(cc2O)O[C@@H](c2ccc(O)cc2)[C@@H]3c2cc(O)cc3c2[C@@H](c2cc(O)cc(O)c2)[C@@H](c2ccc(O)cc2)O3)cc1. The quantitative estimate of drug-likeness (QED) is 0.0743. The predicted octanol–water partition coefficient (Wildman–Crippen LogP) is 9.72. The van der Waals surface area contributed by atoms with Gasteiger partial charge in [0.1, 0.15) is 93.1 Å². The summed E-state index contributed by atoms with van der Waals surface area (Å²) in [6, 6.07) is 35.0. The summed E-state index contributed by atoms with van der Waals surface area (Å²) < 4.78 is 20.2. The van der Waals surface area contributed by atoms with Gasteiger partial charge in [-0.2, -0.15) is 0 Å². The van der Waals surface area contributed by atoms with E-state index in [1.165, 1.54) is 91.0 Å². The summed E-state index contributed by atoms with van der Waals surface area (Å²) in [6.45, 7) is 0. The number of rotatable bonds is 6. The van der Waals surface area contributed by atoms with Crippen molar-refractivity contribution < 1.29 is 70.4 Å². The first-order valence-corrected chi connectivity index (χ1v) is 22.4. The highest BCUT2D eigenvalue weighted by atomic mass is 16.5. The summed E-state index contributed by atoms with van der Waals surface area (Å²) in [5.74, 6) is -4.42. The van der Waals surface area contributed by atoms with Gasteiger partial charge in [0.05, 0.1) is 23.9 Å². The van der Waals surface area contributed by atoms with Crippen molar-refractivity contribution in [2.45, 2.75) is 48.1 Å². The van der Waals surface area contributed by atoms with Crippen molar-refractivity contribution in [1.82, 2.24) is 0 Å². The van der Waals surface area contributed by atoms with Crippen LogP contribution >= 0.6 is 0 Å². The lowest BCUT2D eigenvalue weighted by atomic mass is 9.75. The van der Waals surface area contributed by atoms with E-state index in [0.29, 0.717) is 50.1 Å². The van der Waals surface area contributed by atoms with Crippen molar-refractivity contribution >= 4 is 0 Å². The molecular formula is C56H42O14. The molecule has 8 aromatic rings. The zero-order valence-corrected chi connectivity index (χ0v) is 36.5. The lowest BCUT2D eigenvalue weighted by Gasteiger charge is -2.28. The summed E-state index contributed by atoms with van der Waals surface area (Å²) in [5.41, 5.74) is 5.37. The van der Waals surface area contributed by atoms with Crippen molar-refractivity contribution in [2.75, 3.05) is 0 Å². The Morgan fingerprint density at radius 1 is 0.271 bits per heavy atom. The first-order valence-electron chi connectivity index (χ1n) is 22.4. The molecule has 0 bridgehead atoms. The predicted molar refractivity (Wildman–Crippen MR) is 251 cm³/mol. The summed E-state index contributed by atoms with van der Waals surface area (Å²) in [7, 11) is 0. The van der Waals surface area contributed by atoms with Gasteiger partial charge in [-0.25, -0.2) is 0 Å². The molecule has 0 saturated carbocycles. The molecule has 0 amide bonds. The van der Waals surface area contributed by atoms with Crippen LogP contribution < -0.4 is 14.2 Å². The second kappa shape index (κ2) is 15.6. The van der Waals surface area contributed by atoms with Crippen LogP contribution in [0.25, 0.3) is 0 Å². The van der Waals surface area contributed by atoms with E-state index in [1.54, 1.807) is 48.5 Å². The van der Waals surface area contributed by atoms with Crippen molar-refractivity contribution in [3.8, 4) is 74.7 Å². The van der Waals surface area contributed by atoms with E-state index in [2.05, 4.69) is 0 Å². The Bertz CT molecular complexity index is 3410. The van der Waals surface area contributed by atoms with Gasteiger partial charge >= 0.3 is 0 Å². The minimum Gasteiger partial charge on any atom is -0.508 e. The van der Waals surface area contributed by atoms with Crippen molar-refractivity contribution in [3.63, 3.8) is 0 Å². The number of hydrogen-bond acceptors (Lipinski definition) is 14. The number of aliphatic hydroxyl groups is 1. The van der Waals surface area contributed by atoms with Crippen LogP contribution in [-0.2, 0) is 0 Å². The van der Waals surface area contributed by atoms with Gasteiger partial charge in [0.2, 0.25) is 0 Å². The Balaban J connectivity index is 1.08. The normalized spacial score (nSPS) is 22.4. The van der Waals surface area contributed by atoms with E-state index >= 15 is 0 Å². The zero-order chi connectivity index (χ0) is 48.4. The van der Waals surface area contributed by atoms with Gasteiger partial charge < -0.3 is 70.4 Å². The van der Waals surface area contributed by atoms with Crippen LogP contribution in [0.1, 0.15) is 115 Å². The molecule has 0 unspecified atom stereocenters. The summed E-state index contributed by atoms with van der Waals surface area (Å²) in [4.78, 5) is 0. The molecule has 8 atom stereocenters. The fourth-order valence-electron chi connectivity index (χ4n) is 11.4. The van der Waals surface area contributed by atoms with Gasteiger partial charge in [0.25, 0.3) is 0 Å². The van der Waals surface area contributed by atoms with Gasteiger partial charge in [-0.15, -0.1) is 0 Å². The number of aliphatic hydroxyl groups excluding tert-OH is 1. The van der Waals surface area contributed by atoms with Crippen LogP contribution in [0.4, 0.5) is 0 Å². The molecule has 0 radical (unpaired) electrons. The Labute approximate surface area is 398 Å². The second-order valence-corrected chi connectivity index (χ2v) is 18.3. The van der Waals surface area contributed by atoms with E-state index in [1.807, 2.05) is 0 Å². The topological polar surface area (TPSA) is 250 Å². The lowest BCUT2D eigenvalue weighted by molar-refractivity contribution is 0.157. The summed E-state index contributed by atoms with van der Waals surface area (Å²) in [5, 5.41) is 123. The molecule has 350 valence electrons. The van der Waals surface area contributed by atoms with Crippen LogP contribution in [-0.4, -0.2) is 56.2 Å². The maximum atomic E-state index is 12.4. The lowest BCUT2D eigenvalue weighted by Crippen LogP contribution is -2.17. The van der Waals surface area contributed by atoms with E-state index in [0.717, 1.165) is 0 Å². The minimum absolute atomic E-state index is 0.00441. The first kappa shape index (κ1) is 42.5. The van der Waals surface area contributed by atoms with Gasteiger partial charge in [-0.05, 0) is 112 Å². The smallest absolute Gasteiger partial charge is 0.138 e. The highest BCUT2D eigenvalue weighted by molar-refractivity contribution is 5.68. The minimum atomic E-state index is -1.40. The number of hydrogen-bond donors (Lipinski definition) is 11. The highest BCUT2D eigenvalue weighted by Gasteiger charge is 2.50. The molecule has 70 heavy (non-hydrogen) atoms. The third kappa shape index (κ3) is 6.66. The molecule has 11 N–H and O–H groups in total. The van der Waals surface area contributed by atoms with Gasteiger partial charge in [-0.1, -0.05) is 36.4 Å². The highest BCUT2D eigenvalue weighted by Crippen LogP contribution is 2.64. The average molecular weight is 939 g/mol. The molecule has 4 aliphatic rings. The molecule has 0 fully saturated rings. The van der Waals surface area contributed by atoms with E-state index in [9.17, 15) is 56.2 Å². The number of fused-ring (bicyclic) bond motifs is 4. The Morgan fingerprint density at radius 3 is 1.31 bits per heavy atom. The molecular weight excluding hydrogens is 897 g/mol. The number of phenolic OH excluding ortho intramolecular Hbond substituents is 10. The fourth-order valence-corrected chi connectivity index (χ4v) is 11.4. The number of benzene rings is 8. The molecule has 12 rings (SSSR count). The van der Waals surface area contributed by atoms with Gasteiger partial charge in [0.15, 0.2) is 0 Å². The van der Waals surface area contributed by atoms with Crippen LogP contribution in [0, 0.1) is 0 Å². The van der Waals surface area contributed by atoms with E-state index in [-0.39, 0.29) is 91.4 Å². The Morgan fingerprint density at radius 2 is 0.729 bits per heavy atom. The van der Waals surface area contributed by atoms with Crippen LogP contribution in [0.15, 0.2) is 140 Å². The number of ether oxygens (including phenoxy) is 3. The van der Waals surface area contributed by atoms with E-state index < -0.39 is 48.1 Å². The maximum absolute atomic E-state index is 12.4. The monoisotopic (exact) mass is 938 g/mol. The zero-order valence-electron chi connectivity index (χ0n) is 36.5. The molecule has 0 spiro atoms. The van der Waals surface area contributed by atoms with Crippen LogP contribution in [0.2, 0.25) is 0 Å². The third-order valence-electron chi connectivity index (χ3n) is 14.2. The fraction of sp³-hybridized carbons (Fsp3) is 0.143. The van der Waals surface area contributed by atoms with Gasteiger partial charge in [0, 0.05) is 64.1 Å². The van der Waals surface area contributed by atoms with Crippen molar-refractivity contribution in [1.29, 1.82) is 0 Å². The van der Waals surface area contributed by atoms with Crippen molar-refractivity contribution in [3.05, 3.63) is 206 Å². The van der Waals surface area contributed by atoms with E-state index in [4.69, 9.17) is 14.2 Å². The molecule has 3 heterocycles. The molecule has 14 heteroatoms. The number of phenols is 10. The average Bonchev–Trinajstić information content (AvgIpc) is 3.99. The second-order valence-electron chi connectivity index (χ2n) is 18.3. The molecule has 14 nitrogen and oxygen atoms in total. The van der Waals surface area contributed by atoms with Gasteiger partial charge in [-0.3, -0.25) is 0 Å². The Hall–Kier alpha value is -8.88. The first-order chi connectivity index (χ1) is 33.7. The Kier molecular flexibility index (Phi) is 9.46. The maximum Gasteiger partial charge on any atom is 0.138 e.